The van der Waals surface area contributed by atoms with Gasteiger partial charge in [0.1, 0.15) is 0 Å². The summed E-state index contributed by atoms with van der Waals surface area (Å²) in [5, 5.41) is 3.69. The van der Waals surface area contributed by atoms with Crippen molar-refractivity contribution < 1.29 is 4.74 Å². The summed E-state index contributed by atoms with van der Waals surface area (Å²) in [6.45, 7) is 14.8. The van der Waals surface area contributed by atoms with E-state index in [1.807, 2.05) is 0 Å². The van der Waals surface area contributed by atoms with Crippen molar-refractivity contribution in [1.82, 2.24) is 10.2 Å². The van der Waals surface area contributed by atoms with Gasteiger partial charge in [-0.3, -0.25) is 4.90 Å². The highest BCUT2D eigenvalue weighted by Crippen LogP contribution is 2.25. The monoisotopic (exact) mass is 268 g/mol. The van der Waals surface area contributed by atoms with Gasteiger partial charge in [-0.05, 0) is 46.0 Å². The number of hydrogen-bond acceptors (Lipinski definition) is 3. The van der Waals surface area contributed by atoms with Crippen molar-refractivity contribution >= 4 is 0 Å². The zero-order chi connectivity index (χ0) is 14.0. The van der Waals surface area contributed by atoms with Crippen LogP contribution < -0.4 is 5.32 Å². The molecule has 0 aromatic heterocycles. The smallest absolute Gasteiger partial charge is 0.0706 e. The quantitative estimate of drug-likeness (QED) is 0.848. The number of hydrogen-bond donors (Lipinski definition) is 1. The highest BCUT2D eigenvalue weighted by atomic mass is 16.5. The van der Waals surface area contributed by atoms with Crippen LogP contribution in [0.15, 0.2) is 0 Å². The summed E-state index contributed by atoms with van der Waals surface area (Å²) in [4.78, 5) is 2.68. The first-order chi connectivity index (χ1) is 8.85. The molecule has 3 unspecified atom stereocenters. The second kappa shape index (κ2) is 6.11. The number of nitrogens with zero attached hydrogens (tertiary/aromatic N) is 1. The number of piperazine rings is 1. The second-order valence-electron chi connectivity index (χ2n) is 7.62. The van der Waals surface area contributed by atoms with Crippen LogP contribution in [0.1, 0.15) is 53.9 Å². The van der Waals surface area contributed by atoms with Crippen molar-refractivity contribution in [3.63, 3.8) is 0 Å². The molecular formula is C16H32N2O. The molecule has 0 spiro atoms. The Labute approximate surface area is 119 Å². The average molecular weight is 268 g/mol. The summed E-state index contributed by atoms with van der Waals surface area (Å²) >= 11 is 0. The molecular weight excluding hydrogens is 236 g/mol. The molecule has 2 rings (SSSR count). The molecule has 2 aliphatic rings. The molecule has 0 bridgehead atoms. The summed E-state index contributed by atoms with van der Waals surface area (Å²) in [5.41, 5.74) is 0.234. The van der Waals surface area contributed by atoms with Gasteiger partial charge in [-0.15, -0.1) is 0 Å². The second-order valence-corrected chi connectivity index (χ2v) is 7.62. The lowest BCUT2D eigenvalue weighted by atomic mass is 9.93. The SMILES string of the molecule is CC(C)CC1CNC(C)(C)CN1CC1CCC(C)O1. The van der Waals surface area contributed by atoms with Crippen LogP contribution in [-0.2, 0) is 4.74 Å². The number of nitrogens with one attached hydrogen (secondary N) is 1. The van der Waals surface area contributed by atoms with E-state index in [-0.39, 0.29) is 5.54 Å². The van der Waals surface area contributed by atoms with Crippen LogP contribution in [-0.4, -0.2) is 48.3 Å². The molecule has 3 nitrogen and oxygen atoms in total. The van der Waals surface area contributed by atoms with Gasteiger partial charge in [-0.1, -0.05) is 13.8 Å². The molecule has 1 N–H and O–H groups in total. The topological polar surface area (TPSA) is 24.5 Å². The van der Waals surface area contributed by atoms with Crippen LogP contribution in [0, 0.1) is 5.92 Å². The third-order valence-electron chi connectivity index (χ3n) is 4.43. The fourth-order valence-corrected chi connectivity index (χ4v) is 3.49. The summed E-state index contributed by atoms with van der Waals surface area (Å²) in [6.07, 6.45) is 4.67. The lowest BCUT2D eigenvalue weighted by Crippen LogP contribution is -2.62. The molecule has 2 aliphatic heterocycles. The van der Waals surface area contributed by atoms with Crippen LogP contribution in [0.2, 0.25) is 0 Å². The van der Waals surface area contributed by atoms with Gasteiger partial charge in [0.2, 0.25) is 0 Å². The van der Waals surface area contributed by atoms with E-state index in [2.05, 4.69) is 44.8 Å². The molecule has 112 valence electrons. The minimum atomic E-state index is 0.234. The Morgan fingerprint density at radius 2 is 2.05 bits per heavy atom. The fraction of sp³-hybridized carbons (Fsp3) is 1.00. The third-order valence-corrected chi connectivity index (χ3v) is 4.43. The molecule has 0 aliphatic carbocycles. The standard InChI is InChI=1S/C16H32N2O/c1-12(2)8-14-9-17-16(4,5)11-18(14)10-15-7-6-13(3)19-15/h12-15,17H,6-11H2,1-5H3. The Balaban J connectivity index is 1.94. The lowest BCUT2D eigenvalue weighted by Gasteiger charge is -2.46. The minimum absolute atomic E-state index is 0.234. The Bertz CT molecular complexity index is 290. The van der Waals surface area contributed by atoms with Crippen molar-refractivity contribution in [3.05, 3.63) is 0 Å². The van der Waals surface area contributed by atoms with Crippen molar-refractivity contribution in [2.75, 3.05) is 19.6 Å². The van der Waals surface area contributed by atoms with E-state index in [0.29, 0.717) is 18.2 Å². The Morgan fingerprint density at radius 3 is 2.63 bits per heavy atom. The van der Waals surface area contributed by atoms with Crippen LogP contribution in [0.5, 0.6) is 0 Å². The van der Waals surface area contributed by atoms with Gasteiger partial charge < -0.3 is 10.1 Å². The molecule has 3 heteroatoms. The van der Waals surface area contributed by atoms with E-state index in [1.54, 1.807) is 0 Å². The molecule has 0 aromatic rings. The van der Waals surface area contributed by atoms with E-state index in [1.165, 1.54) is 19.3 Å². The molecule has 0 amide bonds. The highest BCUT2D eigenvalue weighted by Gasteiger charge is 2.35. The van der Waals surface area contributed by atoms with Gasteiger partial charge in [-0.2, -0.15) is 0 Å². The number of ether oxygens (including phenoxy) is 1. The highest BCUT2D eigenvalue weighted by molar-refractivity contribution is 4.93. The van der Waals surface area contributed by atoms with Crippen LogP contribution in [0.25, 0.3) is 0 Å². The first-order valence-electron chi connectivity index (χ1n) is 8.00. The predicted octanol–water partition coefficient (Wildman–Crippen LogP) is 2.65. The van der Waals surface area contributed by atoms with Gasteiger partial charge in [0, 0.05) is 31.2 Å². The Morgan fingerprint density at radius 1 is 1.32 bits per heavy atom. The van der Waals surface area contributed by atoms with Crippen molar-refractivity contribution in [1.29, 1.82) is 0 Å². The van der Waals surface area contributed by atoms with Gasteiger partial charge >= 0.3 is 0 Å². The first kappa shape index (κ1) is 15.3. The Kier molecular flexibility index (Phi) is 4.91. The predicted molar refractivity (Wildman–Crippen MR) is 80.5 cm³/mol. The summed E-state index contributed by atoms with van der Waals surface area (Å²) in [6, 6.07) is 0.674. The van der Waals surface area contributed by atoms with E-state index in [0.717, 1.165) is 25.6 Å². The first-order valence-corrected chi connectivity index (χ1v) is 8.00. The normalized spacial score (nSPS) is 36.0. The lowest BCUT2D eigenvalue weighted by molar-refractivity contribution is -0.000984. The van der Waals surface area contributed by atoms with E-state index < -0.39 is 0 Å². The molecule has 2 saturated heterocycles. The molecule has 0 aromatic carbocycles. The zero-order valence-corrected chi connectivity index (χ0v) is 13.4. The minimum Gasteiger partial charge on any atom is -0.374 e. The van der Waals surface area contributed by atoms with E-state index in [9.17, 15) is 0 Å². The van der Waals surface area contributed by atoms with Crippen molar-refractivity contribution in [2.24, 2.45) is 5.92 Å². The van der Waals surface area contributed by atoms with Gasteiger partial charge in [-0.25, -0.2) is 0 Å². The summed E-state index contributed by atoms with van der Waals surface area (Å²) in [7, 11) is 0. The molecule has 2 fully saturated rings. The van der Waals surface area contributed by atoms with Crippen molar-refractivity contribution in [2.45, 2.75) is 77.7 Å². The van der Waals surface area contributed by atoms with Crippen molar-refractivity contribution in [3.8, 4) is 0 Å². The maximum Gasteiger partial charge on any atom is 0.0706 e. The Hall–Kier alpha value is -0.120. The third kappa shape index (κ3) is 4.44. The van der Waals surface area contributed by atoms with Crippen LogP contribution in [0.3, 0.4) is 0 Å². The molecule has 19 heavy (non-hydrogen) atoms. The largest absolute Gasteiger partial charge is 0.374 e. The fourth-order valence-electron chi connectivity index (χ4n) is 3.49. The van der Waals surface area contributed by atoms with Crippen LogP contribution in [0.4, 0.5) is 0 Å². The maximum absolute atomic E-state index is 6.02. The van der Waals surface area contributed by atoms with Crippen LogP contribution >= 0.6 is 0 Å². The molecule has 0 radical (unpaired) electrons. The zero-order valence-electron chi connectivity index (χ0n) is 13.4. The van der Waals surface area contributed by atoms with Gasteiger partial charge in [0.25, 0.3) is 0 Å². The maximum atomic E-state index is 6.02. The average Bonchev–Trinajstić information content (AvgIpc) is 2.67. The molecule has 3 atom stereocenters. The van der Waals surface area contributed by atoms with E-state index >= 15 is 0 Å². The summed E-state index contributed by atoms with van der Waals surface area (Å²) < 4.78 is 6.02. The summed E-state index contributed by atoms with van der Waals surface area (Å²) in [5.74, 6) is 0.763. The van der Waals surface area contributed by atoms with Gasteiger partial charge in [0.05, 0.1) is 12.2 Å². The van der Waals surface area contributed by atoms with E-state index in [4.69, 9.17) is 4.74 Å². The molecule has 0 saturated carbocycles. The van der Waals surface area contributed by atoms with Gasteiger partial charge in [0.15, 0.2) is 0 Å². The number of rotatable bonds is 4. The molecule has 2 heterocycles.